The molecule has 25 heteroatoms. The predicted molar refractivity (Wildman–Crippen MR) is 363 cm³/mol. The van der Waals surface area contributed by atoms with Gasteiger partial charge in [-0.3, -0.25) is 15.0 Å². The third-order valence-electron chi connectivity index (χ3n) is 13.2. The number of aliphatic hydroxyl groups excluding tert-OH is 1. The number of carbonyl (C=O) groups excluding carboxylic acids is 4. The molecule has 0 bridgehead atoms. The van der Waals surface area contributed by atoms with E-state index in [-0.39, 0.29) is 60.9 Å². The first-order valence-electron chi connectivity index (χ1n) is 30.4. The van der Waals surface area contributed by atoms with E-state index in [0.717, 1.165) is 90.2 Å². The first-order valence-corrected chi connectivity index (χ1v) is 42.8. The largest absolute Gasteiger partial charge is 0.506 e. The first kappa shape index (κ1) is 79.1. The normalized spacial score (nSPS) is 18.0. The molecule has 4 saturated heterocycles. The summed E-state index contributed by atoms with van der Waals surface area (Å²) >= 11 is 7.71. The Labute approximate surface area is 564 Å². The van der Waals surface area contributed by atoms with Crippen molar-refractivity contribution in [1.29, 1.82) is 0 Å². The van der Waals surface area contributed by atoms with Gasteiger partial charge in [0, 0.05) is 51.6 Å². The van der Waals surface area contributed by atoms with Gasteiger partial charge in [0.15, 0.2) is 0 Å². The molecule has 90 heavy (non-hydrogen) atoms. The minimum Gasteiger partial charge on any atom is -0.506 e. The molecule has 8 rings (SSSR count). The molecule has 502 valence electrons. The number of rotatable bonds is 11. The van der Waals surface area contributed by atoms with Crippen LogP contribution in [0.2, 0.25) is 14.8 Å². The van der Waals surface area contributed by atoms with Crippen LogP contribution in [0.5, 0.6) is 23.0 Å². The molecule has 0 unspecified atom stereocenters. The van der Waals surface area contributed by atoms with Gasteiger partial charge in [0.2, 0.25) is 0 Å². The van der Waals surface area contributed by atoms with Crippen LogP contribution in [0.3, 0.4) is 0 Å². The number of aromatic nitrogens is 4. The maximum atomic E-state index is 12.3. The van der Waals surface area contributed by atoms with E-state index in [4.69, 9.17) is 43.4 Å². The van der Waals surface area contributed by atoms with E-state index < -0.39 is 40.8 Å². The van der Waals surface area contributed by atoms with Gasteiger partial charge in [-0.15, -0.1) is 13.2 Å². The Morgan fingerprint density at radius 1 is 0.467 bits per heavy atom. The van der Waals surface area contributed by atoms with Crippen molar-refractivity contribution in [2.75, 3.05) is 52.6 Å². The predicted octanol–water partition coefficient (Wildman–Crippen LogP) is 14.4. The van der Waals surface area contributed by atoms with Crippen LogP contribution in [0.25, 0.3) is 0 Å². The van der Waals surface area contributed by atoms with Gasteiger partial charge >= 0.3 is 168 Å². The summed E-state index contributed by atoms with van der Waals surface area (Å²) in [4.78, 5) is 78.4. The summed E-state index contributed by atoms with van der Waals surface area (Å²) < 4.78 is 42.9. The average Bonchev–Trinajstić information content (AvgIpc) is 3.83. The van der Waals surface area contributed by atoms with E-state index in [1.807, 2.05) is 101 Å². The maximum absolute atomic E-state index is 12.3. The second-order valence-electron chi connectivity index (χ2n) is 26.7. The van der Waals surface area contributed by atoms with Gasteiger partial charge in [-0.05, 0) is 167 Å². The molecule has 0 saturated carbocycles. The van der Waals surface area contributed by atoms with Gasteiger partial charge in [0.25, 0.3) is 0 Å². The number of ether oxygens (including phenoxy) is 7. The zero-order valence-corrected chi connectivity index (χ0v) is 63.2. The smallest absolute Gasteiger partial charge is 0.410 e. The Hall–Kier alpha value is -5.18. The molecule has 2 N–H and O–H groups in total. The Kier molecular flexibility index (Phi) is 32.9. The maximum Gasteiger partial charge on any atom is 0.410 e. The average molecular weight is 1560 g/mol. The van der Waals surface area contributed by atoms with E-state index >= 15 is 0 Å². The number of amides is 4. The molecule has 0 aliphatic carbocycles. The number of likely N-dealkylation sites (tertiary alicyclic amines) is 4. The van der Waals surface area contributed by atoms with Gasteiger partial charge < -0.3 is 48.6 Å². The van der Waals surface area contributed by atoms with Gasteiger partial charge in [-0.2, -0.15) is 0 Å². The molecule has 0 spiro atoms. The summed E-state index contributed by atoms with van der Waals surface area (Å²) in [5, 5.41) is 17.8. The first-order chi connectivity index (χ1) is 42.0. The van der Waals surface area contributed by atoms with Gasteiger partial charge in [0.1, 0.15) is 47.3 Å². The van der Waals surface area contributed by atoms with Crippen molar-refractivity contribution in [2.24, 2.45) is 0 Å². The summed E-state index contributed by atoms with van der Waals surface area (Å²) in [5.74, 6) is 2.37. The molecular formula is C65H99Br3N8O13Sn. The minimum absolute atomic E-state index is 0.0270. The number of pyridine rings is 4. The van der Waals surface area contributed by atoms with Crippen LogP contribution in [0, 0.1) is 0 Å². The number of nitrogens with zero attached hydrogens (tertiary/aromatic N) is 8. The monoisotopic (exact) mass is 1560 g/mol. The van der Waals surface area contributed by atoms with Crippen molar-refractivity contribution < 1.29 is 62.5 Å². The second kappa shape index (κ2) is 37.5. The Morgan fingerprint density at radius 2 is 0.744 bits per heavy atom. The molecule has 4 aliphatic heterocycles. The fourth-order valence-electron chi connectivity index (χ4n) is 9.12. The molecular weight excluding hydrogens is 1460 g/mol. The van der Waals surface area contributed by atoms with Crippen LogP contribution in [-0.2, 0) is 18.9 Å². The summed E-state index contributed by atoms with van der Waals surface area (Å²) in [7, 11) is 0. The molecule has 4 atom stereocenters. The summed E-state index contributed by atoms with van der Waals surface area (Å²) in [6.45, 7) is 32.7. The molecule has 4 fully saturated rings. The van der Waals surface area contributed by atoms with E-state index in [0.29, 0.717) is 37.9 Å². The minimum atomic E-state index is -2.15. The van der Waals surface area contributed by atoms with Crippen LogP contribution >= 0.6 is 47.8 Å². The van der Waals surface area contributed by atoms with E-state index in [1.165, 1.54) is 9.78 Å². The van der Waals surface area contributed by atoms with Crippen molar-refractivity contribution in [3.8, 4) is 23.0 Å². The molecule has 4 aliphatic rings. The number of halogens is 3. The van der Waals surface area contributed by atoms with E-state index in [9.17, 15) is 19.2 Å². The van der Waals surface area contributed by atoms with Crippen molar-refractivity contribution in [2.45, 2.75) is 196 Å². The summed E-state index contributed by atoms with van der Waals surface area (Å²) in [6, 6.07) is 7.55. The number of aliphatic hydroxyl groups is 1. The zero-order chi connectivity index (χ0) is 67.6. The molecule has 4 amide bonds. The standard InChI is InChI=1S/2C15H21BrN2O3.C15H21N2O3.C10H19NO3.C5H4BrNO.C2H4.3CH3.Sn/c2*1-15(2,3)21-14(19)18-6-4-5-12(18)10-20-13-7-11(16)8-17-9-13;1-15(2,3)20-14(18)17-9-5-6-12(17)11-19-13-7-4-8-16-10-13;1-10(2,3)14-9(13)11-6-4-5-8(11)7-12;6-4-1-5(8)3-7-2-4;1-2;;;;/h2*7-9,12H,4-6,10H2,1-3H3;7-8,10,12H,5-6,9,11H2,1-3H3;8,12H,4-7H2,1-3H3;1-3,8H;1-2H2;3*1H3;/t3*12-;8-;;;;;;/m0000....../s1. The van der Waals surface area contributed by atoms with Crippen LogP contribution in [0.15, 0.2) is 100 Å². The van der Waals surface area contributed by atoms with Crippen molar-refractivity contribution >= 4 is 94.1 Å². The summed E-state index contributed by atoms with van der Waals surface area (Å²) in [6.07, 6.45) is 19.9. The second-order valence-corrected chi connectivity index (χ2v) is 43.9. The van der Waals surface area contributed by atoms with Crippen molar-refractivity contribution in [1.82, 2.24) is 39.5 Å². The molecule has 0 aromatic carbocycles. The van der Waals surface area contributed by atoms with Crippen LogP contribution in [-0.4, -0.2) is 192 Å². The molecule has 8 heterocycles. The topological polar surface area (TPSA) is 238 Å². The third-order valence-corrected chi connectivity index (χ3v) is 20.2. The Morgan fingerprint density at radius 3 is 1.01 bits per heavy atom. The fourth-order valence-corrected chi connectivity index (χ4v) is 13.1. The number of carbonyl (C=O) groups is 4. The number of hydrogen-bond acceptors (Lipinski definition) is 17. The molecule has 4 aromatic rings. The molecule has 21 nitrogen and oxygen atoms in total. The van der Waals surface area contributed by atoms with Crippen molar-refractivity contribution in [3.63, 3.8) is 0 Å². The fraction of sp³-hybridized carbons (Fsp3) is 0.600. The van der Waals surface area contributed by atoms with Gasteiger partial charge in [0.05, 0.1) is 43.3 Å². The number of aromatic hydroxyl groups is 1. The third kappa shape index (κ3) is 31.0. The molecule has 0 radical (unpaired) electrons. The van der Waals surface area contributed by atoms with Gasteiger partial charge in [-0.25, -0.2) is 14.4 Å². The van der Waals surface area contributed by atoms with Crippen LogP contribution in [0.4, 0.5) is 19.2 Å². The van der Waals surface area contributed by atoms with E-state index in [1.54, 1.807) is 62.8 Å². The SMILES string of the molecule is C=C.CC(C)(C)OC(=O)N1CCC[C@H]1CO.CC(C)(C)OC(=O)N1CCC[C@H]1COc1cnc[c]([Sn]([CH3])([CH3])[CH3])c1.CC(C)(C)OC(=O)N1CCC[C@H]1COc1cncc(Br)c1.CC(C)(C)OC(=O)N1CCC[C@H]1COc1cncc(Br)c1.Oc1cncc(Br)c1. The Balaban J connectivity index is 0.000000301. The molecule has 4 aromatic heterocycles. The number of hydrogen-bond donors (Lipinski definition) is 2. The van der Waals surface area contributed by atoms with Gasteiger partial charge in [-0.1, -0.05) is 0 Å². The zero-order valence-electron chi connectivity index (χ0n) is 55.6. The van der Waals surface area contributed by atoms with Crippen LogP contribution < -0.4 is 17.8 Å². The van der Waals surface area contributed by atoms with Crippen molar-refractivity contribution in [3.05, 3.63) is 100 Å². The Bertz CT molecular complexity index is 2740. The van der Waals surface area contributed by atoms with Crippen LogP contribution in [0.1, 0.15) is 134 Å². The summed E-state index contributed by atoms with van der Waals surface area (Å²) in [5.41, 5.74) is -1.87. The van der Waals surface area contributed by atoms with E-state index in [2.05, 4.69) is 102 Å². The quantitative estimate of drug-likeness (QED) is 0.0806.